The van der Waals surface area contributed by atoms with Gasteiger partial charge in [0.15, 0.2) is 0 Å². The fourth-order valence-corrected chi connectivity index (χ4v) is 2.03. The summed E-state index contributed by atoms with van der Waals surface area (Å²) in [6.45, 7) is 3.86. The maximum Gasteiger partial charge on any atom is 0.220 e. The first-order chi connectivity index (χ1) is 9.33. The van der Waals surface area contributed by atoms with Gasteiger partial charge in [0.2, 0.25) is 5.95 Å². The van der Waals surface area contributed by atoms with Crippen molar-refractivity contribution in [2.24, 2.45) is 0 Å². The second-order valence-corrected chi connectivity index (χ2v) is 4.30. The molecule has 1 fully saturated rings. The first-order valence-corrected chi connectivity index (χ1v) is 6.19. The van der Waals surface area contributed by atoms with Crippen LogP contribution in [0, 0.1) is 0 Å². The zero-order valence-corrected chi connectivity index (χ0v) is 10.9. The van der Waals surface area contributed by atoms with Crippen molar-refractivity contribution in [1.29, 1.82) is 0 Å². The summed E-state index contributed by atoms with van der Waals surface area (Å²) in [5.74, 6) is 1.14. The second-order valence-electron chi connectivity index (χ2n) is 4.30. The Morgan fingerprint density at radius 3 is 2.50 bits per heavy atom. The summed E-state index contributed by atoms with van der Waals surface area (Å²) in [5, 5.41) is 3.31. The highest BCUT2D eigenvalue weighted by atomic mass is 15.2. The fraction of sp³-hybridized carbons (Fsp3) is 0.333. The molecule has 1 saturated heterocycles. The summed E-state index contributed by atoms with van der Waals surface area (Å²) < 4.78 is 0. The van der Waals surface area contributed by atoms with E-state index in [-0.39, 0.29) is 12.1 Å². The van der Waals surface area contributed by atoms with Crippen LogP contribution in [0.4, 0.5) is 11.8 Å². The molecule has 8 heteroatoms. The summed E-state index contributed by atoms with van der Waals surface area (Å²) >= 11 is 0. The zero-order valence-electron chi connectivity index (χ0n) is 10.9. The van der Waals surface area contributed by atoms with Gasteiger partial charge in [0.25, 0.3) is 0 Å². The minimum atomic E-state index is 0. The predicted octanol–water partition coefficient (Wildman–Crippen LogP) is -0.555. The molecule has 20 heavy (non-hydrogen) atoms. The summed E-state index contributed by atoms with van der Waals surface area (Å²) in [6.07, 6.45) is 5.11. The van der Waals surface area contributed by atoms with Gasteiger partial charge in [-0.25, -0.2) is 19.9 Å². The van der Waals surface area contributed by atoms with Gasteiger partial charge in [-0.15, -0.1) is 0 Å². The van der Waals surface area contributed by atoms with Gasteiger partial charge in [-0.3, -0.25) is 0 Å². The van der Waals surface area contributed by atoms with E-state index in [0.717, 1.165) is 32.0 Å². The van der Waals surface area contributed by atoms with Gasteiger partial charge in [0.05, 0.1) is 18.1 Å². The molecule has 2 aromatic heterocycles. The molecule has 0 unspecified atom stereocenters. The van der Waals surface area contributed by atoms with E-state index in [0.29, 0.717) is 11.4 Å². The van der Waals surface area contributed by atoms with E-state index in [2.05, 4.69) is 30.2 Å². The monoisotopic (exact) mass is 271 g/mol. The van der Waals surface area contributed by atoms with Gasteiger partial charge in [-0.05, 0) is 6.07 Å². The molecule has 1 aliphatic heterocycles. The van der Waals surface area contributed by atoms with Gasteiger partial charge < -0.3 is 16.0 Å². The smallest absolute Gasteiger partial charge is 0.220 e. The Hall–Kier alpha value is -2.32. The largest absolute Gasteiger partial charge is 0.368 e. The number of piperazine rings is 1. The van der Waals surface area contributed by atoms with Crippen LogP contribution in [0.5, 0.6) is 0 Å². The van der Waals surface area contributed by atoms with Crippen molar-refractivity contribution < 1.29 is 0 Å². The Kier molecular flexibility index (Phi) is 4.38. The van der Waals surface area contributed by atoms with Crippen molar-refractivity contribution in [3.63, 3.8) is 0 Å². The number of hydrogen-bond acceptors (Lipinski definition) is 7. The Bertz CT molecular complexity index is 550. The number of nitrogen functional groups attached to an aromatic ring is 1. The second kappa shape index (κ2) is 6.22. The Labute approximate surface area is 117 Å². The molecule has 0 spiro atoms. The molecule has 0 amide bonds. The summed E-state index contributed by atoms with van der Waals surface area (Å²) in [6, 6.07) is 1.77. The van der Waals surface area contributed by atoms with Crippen LogP contribution in [0.25, 0.3) is 11.4 Å². The van der Waals surface area contributed by atoms with Crippen molar-refractivity contribution in [1.82, 2.24) is 31.4 Å². The SMILES string of the molecule is Nc1nccc(-c2cnc(N3CCNCC3)cn2)n1.[N]. The third-order valence-electron chi connectivity index (χ3n) is 3.02. The lowest BCUT2D eigenvalue weighted by atomic mass is 10.3. The fourth-order valence-electron chi connectivity index (χ4n) is 2.03. The van der Waals surface area contributed by atoms with Crippen LogP contribution >= 0.6 is 0 Å². The number of nitrogens with zero attached hydrogens (tertiary/aromatic N) is 6. The maximum absolute atomic E-state index is 5.56. The van der Waals surface area contributed by atoms with Gasteiger partial charge in [-0.1, -0.05) is 0 Å². The van der Waals surface area contributed by atoms with Crippen molar-refractivity contribution in [2.75, 3.05) is 36.8 Å². The molecule has 0 aromatic carbocycles. The first-order valence-electron chi connectivity index (χ1n) is 6.19. The molecular weight excluding hydrogens is 256 g/mol. The molecule has 3 rings (SSSR count). The average molecular weight is 271 g/mol. The van der Waals surface area contributed by atoms with Gasteiger partial charge in [-0.2, -0.15) is 0 Å². The highest BCUT2D eigenvalue weighted by molar-refractivity contribution is 5.55. The highest BCUT2D eigenvalue weighted by Gasteiger charge is 2.12. The molecular formula is C12H15N8. The van der Waals surface area contributed by atoms with E-state index in [1.807, 2.05) is 0 Å². The number of nitrogens with one attached hydrogen (secondary N) is 1. The molecule has 3 heterocycles. The standard InChI is InChI=1S/C12H15N7.N/c13-12-15-2-1-9(18-12)10-7-17-11(8-16-10)19-5-3-14-4-6-19;/h1-2,7-8,14H,3-6H2,(H2,13,15,18);. The molecule has 0 aliphatic carbocycles. The molecule has 8 nitrogen and oxygen atoms in total. The number of anilines is 2. The van der Waals surface area contributed by atoms with Crippen molar-refractivity contribution in [3.8, 4) is 11.4 Å². The van der Waals surface area contributed by atoms with E-state index < -0.39 is 0 Å². The van der Waals surface area contributed by atoms with Crippen molar-refractivity contribution in [2.45, 2.75) is 0 Å². The molecule has 3 radical (unpaired) electrons. The van der Waals surface area contributed by atoms with E-state index in [9.17, 15) is 0 Å². The summed E-state index contributed by atoms with van der Waals surface area (Å²) in [5.41, 5.74) is 6.95. The predicted molar refractivity (Wildman–Crippen MR) is 74.7 cm³/mol. The quantitative estimate of drug-likeness (QED) is 0.750. The Morgan fingerprint density at radius 1 is 1.05 bits per heavy atom. The van der Waals surface area contributed by atoms with Gasteiger partial charge >= 0.3 is 0 Å². The lowest BCUT2D eigenvalue weighted by molar-refractivity contribution is 0.584. The zero-order chi connectivity index (χ0) is 13.1. The molecule has 0 atom stereocenters. The van der Waals surface area contributed by atoms with Crippen LogP contribution in [0.2, 0.25) is 0 Å². The lowest BCUT2D eigenvalue weighted by Gasteiger charge is -2.27. The minimum absolute atomic E-state index is 0. The molecule has 0 bridgehead atoms. The van der Waals surface area contributed by atoms with E-state index in [4.69, 9.17) is 5.73 Å². The minimum Gasteiger partial charge on any atom is -0.368 e. The number of aromatic nitrogens is 4. The topological polar surface area (TPSA) is 123 Å². The number of nitrogens with two attached hydrogens (primary N) is 1. The molecule has 0 saturated carbocycles. The van der Waals surface area contributed by atoms with E-state index in [1.54, 1.807) is 24.7 Å². The Balaban J connectivity index is 0.00000147. The van der Waals surface area contributed by atoms with Crippen molar-refractivity contribution >= 4 is 11.8 Å². The van der Waals surface area contributed by atoms with Crippen LogP contribution in [-0.4, -0.2) is 46.1 Å². The van der Waals surface area contributed by atoms with E-state index >= 15 is 0 Å². The van der Waals surface area contributed by atoms with Gasteiger partial charge in [0, 0.05) is 38.5 Å². The highest BCUT2D eigenvalue weighted by Crippen LogP contribution is 2.16. The molecule has 1 aliphatic rings. The third-order valence-corrected chi connectivity index (χ3v) is 3.02. The molecule has 2 aromatic rings. The number of rotatable bonds is 2. The third kappa shape index (κ3) is 2.98. The summed E-state index contributed by atoms with van der Waals surface area (Å²) in [4.78, 5) is 19.0. The average Bonchev–Trinajstić information content (AvgIpc) is 2.48. The van der Waals surface area contributed by atoms with Crippen LogP contribution in [0.15, 0.2) is 24.7 Å². The summed E-state index contributed by atoms with van der Waals surface area (Å²) in [7, 11) is 0. The number of hydrogen-bond donors (Lipinski definition) is 2. The van der Waals surface area contributed by atoms with Crippen LogP contribution in [-0.2, 0) is 0 Å². The van der Waals surface area contributed by atoms with Crippen LogP contribution in [0.1, 0.15) is 0 Å². The van der Waals surface area contributed by atoms with Crippen molar-refractivity contribution in [3.05, 3.63) is 24.7 Å². The normalized spacial score (nSPS) is 14.7. The Morgan fingerprint density at radius 2 is 1.85 bits per heavy atom. The van der Waals surface area contributed by atoms with Crippen LogP contribution < -0.4 is 22.1 Å². The maximum atomic E-state index is 5.56. The molecule has 3 N–H and O–H groups in total. The first kappa shape index (κ1) is 14.1. The lowest BCUT2D eigenvalue weighted by Crippen LogP contribution is -2.43. The molecule has 103 valence electrons. The van der Waals surface area contributed by atoms with E-state index in [1.165, 1.54) is 0 Å². The van der Waals surface area contributed by atoms with Crippen LogP contribution in [0.3, 0.4) is 0 Å². The van der Waals surface area contributed by atoms with Gasteiger partial charge in [0.1, 0.15) is 11.5 Å².